The molecule has 1 aromatic heterocycles. The van der Waals surface area contributed by atoms with Crippen LogP contribution in [0.5, 0.6) is 0 Å². The Kier molecular flexibility index (Phi) is 5.99. The molecule has 0 atom stereocenters. The minimum atomic E-state index is -0.535. The van der Waals surface area contributed by atoms with E-state index < -0.39 is 4.92 Å². The molecule has 3 heterocycles. The van der Waals surface area contributed by atoms with Gasteiger partial charge in [0.15, 0.2) is 0 Å². The summed E-state index contributed by atoms with van der Waals surface area (Å²) < 4.78 is 1.64. The fraction of sp³-hybridized carbons (Fsp3) is 0.476. The molecular formula is C21H26N6O4. The second-order valence-electron chi connectivity index (χ2n) is 7.93. The Morgan fingerprint density at radius 3 is 2.55 bits per heavy atom. The molecule has 0 saturated carbocycles. The number of fused-ring (bicyclic) bond motifs is 1. The summed E-state index contributed by atoms with van der Waals surface area (Å²) in [6.45, 7) is 5.59. The molecule has 164 valence electrons. The quantitative estimate of drug-likeness (QED) is 0.508. The van der Waals surface area contributed by atoms with Crippen molar-refractivity contribution in [2.75, 3.05) is 44.2 Å². The standard InChI is InChI=1S/C21H26N6O4/c1-16-22-19(27(30)31)14-25(16)8-7-20(28)24-12-10-23(11-13-24)15-21(29)26-9-6-17-4-2-3-5-18(17)26/h2-5,14H,6-13,15H2,1H3. The van der Waals surface area contributed by atoms with E-state index in [0.717, 1.165) is 18.7 Å². The van der Waals surface area contributed by atoms with Crippen molar-refractivity contribution in [2.24, 2.45) is 0 Å². The van der Waals surface area contributed by atoms with Crippen molar-refractivity contribution in [1.29, 1.82) is 0 Å². The number of carbonyl (C=O) groups is 2. The first-order valence-corrected chi connectivity index (χ1v) is 10.5. The van der Waals surface area contributed by atoms with E-state index in [1.54, 1.807) is 16.4 Å². The maximum absolute atomic E-state index is 12.8. The maximum Gasteiger partial charge on any atom is 0.381 e. The van der Waals surface area contributed by atoms with Crippen molar-refractivity contribution < 1.29 is 14.5 Å². The number of rotatable bonds is 6. The third kappa shape index (κ3) is 4.58. The first kappa shape index (κ1) is 21.0. The molecule has 0 spiro atoms. The molecule has 0 unspecified atom stereocenters. The van der Waals surface area contributed by atoms with Crippen molar-refractivity contribution in [1.82, 2.24) is 19.4 Å². The van der Waals surface area contributed by atoms with Crippen molar-refractivity contribution in [3.05, 3.63) is 52.0 Å². The molecule has 1 aromatic carbocycles. The summed E-state index contributed by atoms with van der Waals surface area (Å²) in [7, 11) is 0. The Morgan fingerprint density at radius 1 is 1.10 bits per heavy atom. The largest absolute Gasteiger partial charge is 0.381 e. The number of piperazine rings is 1. The molecule has 31 heavy (non-hydrogen) atoms. The lowest BCUT2D eigenvalue weighted by atomic mass is 10.2. The molecule has 0 bridgehead atoms. The summed E-state index contributed by atoms with van der Waals surface area (Å²) in [4.78, 5) is 45.3. The van der Waals surface area contributed by atoms with Crippen LogP contribution in [0, 0.1) is 17.0 Å². The molecule has 0 aliphatic carbocycles. The molecule has 1 fully saturated rings. The van der Waals surface area contributed by atoms with E-state index in [4.69, 9.17) is 0 Å². The molecule has 1 saturated heterocycles. The van der Waals surface area contributed by atoms with Crippen molar-refractivity contribution in [3.63, 3.8) is 0 Å². The molecule has 2 aromatic rings. The number of para-hydroxylation sites is 1. The van der Waals surface area contributed by atoms with Gasteiger partial charge in [0.2, 0.25) is 17.6 Å². The van der Waals surface area contributed by atoms with E-state index in [-0.39, 0.29) is 24.1 Å². The van der Waals surface area contributed by atoms with Gasteiger partial charge in [0.1, 0.15) is 6.20 Å². The number of hydrogen-bond donors (Lipinski definition) is 0. The highest BCUT2D eigenvalue weighted by Gasteiger charge is 2.28. The van der Waals surface area contributed by atoms with Gasteiger partial charge in [-0.3, -0.25) is 14.5 Å². The van der Waals surface area contributed by atoms with Crippen LogP contribution in [0.3, 0.4) is 0 Å². The van der Waals surface area contributed by atoms with Crippen LogP contribution >= 0.6 is 0 Å². The normalized spacial score (nSPS) is 16.4. The molecule has 4 rings (SSSR count). The van der Waals surface area contributed by atoms with Crippen LogP contribution in [0.25, 0.3) is 0 Å². The monoisotopic (exact) mass is 426 g/mol. The Morgan fingerprint density at radius 2 is 1.84 bits per heavy atom. The van der Waals surface area contributed by atoms with Gasteiger partial charge in [-0.05, 0) is 28.0 Å². The van der Waals surface area contributed by atoms with Gasteiger partial charge in [0.05, 0.1) is 6.54 Å². The summed E-state index contributed by atoms with van der Waals surface area (Å²) in [5, 5.41) is 10.8. The van der Waals surface area contributed by atoms with E-state index in [0.29, 0.717) is 45.1 Å². The average Bonchev–Trinajstić information content (AvgIpc) is 3.36. The third-order valence-corrected chi connectivity index (χ3v) is 5.99. The van der Waals surface area contributed by atoms with E-state index >= 15 is 0 Å². The van der Waals surface area contributed by atoms with Gasteiger partial charge in [0.25, 0.3) is 0 Å². The number of imidazole rings is 1. The summed E-state index contributed by atoms with van der Waals surface area (Å²) >= 11 is 0. The number of aryl methyl sites for hydroxylation is 2. The zero-order valence-corrected chi connectivity index (χ0v) is 17.6. The zero-order chi connectivity index (χ0) is 22.0. The second-order valence-corrected chi connectivity index (χ2v) is 7.93. The number of amides is 2. The first-order chi connectivity index (χ1) is 14.9. The highest BCUT2D eigenvalue weighted by Crippen LogP contribution is 2.27. The minimum absolute atomic E-state index is 0.00944. The number of aromatic nitrogens is 2. The van der Waals surface area contributed by atoms with Crippen LogP contribution in [-0.2, 0) is 22.6 Å². The fourth-order valence-electron chi connectivity index (χ4n) is 4.21. The molecule has 10 heteroatoms. The molecule has 0 N–H and O–H groups in total. The molecule has 2 aliphatic rings. The van der Waals surface area contributed by atoms with E-state index in [1.807, 2.05) is 23.1 Å². The van der Waals surface area contributed by atoms with Crippen LogP contribution in [0.1, 0.15) is 17.8 Å². The summed E-state index contributed by atoms with van der Waals surface area (Å²) in [6, 6.07) is 8.01. The summed E-state index contributed by atoms with van der Waals surface area (Å²) in [5.74, 6) is 0.423. The van der Waals surface area contributed by atoms with Crippen LogP contribution in [0.15, 0.2) is 30.5 Å². The summed E-state index contributed by atoms with van der Waals surface area (Å²) in [5.41, 5.74) is 2.22. The molecule has 2 amide bonds. The highest BCUT2D eigenvalue weighted by atomic mass is 16.6. The lowest BCUT2D eigenvalue weighted by molar-refractivity contribution is -0.389. The smallest absolute Gasteiger partial charge is 0.358 e. The van der Waals surface area contributed by atoms with Gasteiger partial charge in [-0.15, -0.1) is 0 Å². The van der Waals surface area contributed by atoms with Crippen molar-refractivity contribution in [2.45, 2.75) is 26.3 Å². The maximum atomic E-state index is 12.8. The lowest BCUT2D eigenvalue weighted by Crippen LogP contribution is -2.51. The molecule has 2 aliphatic heterocycles. The van der Waals surface area contributed by atoms with Crippen molar-refractivity contribution >= 4 is 23.3 Å². The van der Waals surface area contributed by atoms with Crippen LogP contribution < -0.4 is 4.90 Å². The van der Waals surface area contributed by atoms with E-state index in [9.17, 15) is 19.7 Å². The van der Waals surface area contributed by atoms with Crippen molar-refractivity contribution in [3.8, 4) is 0 Å². The molecular weight excluding hydrogens is 400 g/mol. The highest BCUT2D eigenvalue weighted by molar-refractivity contribution is 5.96. The number of carbonyl (C=O) groups excluding carboxylic acids is 2. The Balaban J connectivity index is 1.24. The number of nitrogens with zero attached hydrogens (tertiary/aromatic N) is 6. The molecule has 10 nitrogen and oxygen atoms in total. The van der Waals surface area contributed by atoms with Gasteiger partial charge in [-0.2, -0.15) is 0 Å². The van der Waals surface area contributed by atoms with Crippen LogP contribution in [0.2, 0.25) is 0 Å². The lowest BCUT2D eigenvalue weighted by Gasteiger charge is -2.35. The average molecular weight is 426 g/mol. The predicted octanol–water partition coefficient (Wildman–Crippen LogP) is 1.22. The SMILES string of the molecule is Cc1nc([N+](=O)[O-])cn1CCC(=O)N1CCN(CC(=O)N2CCc3ccccc32)CC1. The van der Waals surface area contributed by atoms with E-state index in [1.165, 1.54) is 11.8 Å². The number of hydrogen-bond acceptors (Lipinski definition) is 6. The third-order valence-electron chi connectivity index (χ3n) is 5.99. The van der Waals surface area contributed by atoms with Gasteiger partial charge < -0.3 is 24.5 Å². The number of anilines is 1. The predicted molar refractivity (Wildman–Crippen MR) is 114 cm³/mol. The Hall–Kier alpha value is -3.27. The van der Waals surface area contributed by atoms with Gasteiger partial charge in [0, 0.05) is 58.3 Å². The van der Waals surface area contributed by atoms with Gasteiger partial charge in [-0.25, -0.2) is 0 Å². The second kappa shape index (κ2) is 8.84. The van der Waals surface area contributed by atoms with Gasteiger partial charge in [-0.1, -0.05) is 18.2 Å². The van der Waals surface area contributed by atoms with Crippen LogP contribution in [0.4, 0.5) is 11.5 Å². The fourth-order valence-corrected chi connectivity index (χ4v) is 4.21. The van der Waals surface area contributed by atoms with E-state index in [2.05, 4.69) is 16.0 Å². The first-order valence-electron chi connectivity index (χ1n) is 10.5. The number of benzene rings is 1. The zero-order valence-electron chi connectivity index (χ0n) is 17.6. The topological polar surface area (TPSA) is 105 Å². The van der Waals surface area contributed by atoms with Gasteiger partial charge >= 0.3 is 5.82 Å². The Bertz CT molecular complexity index is 996. The molecule has 0 radical (unpaired) electrons. The Labute approximate surface area is 180 Å². The number of nitro groups is 1. The van der Waals surface area contributed by atoms with Crippen LogP contribution in [-0.4, -0.2) is 75.4 Å². The summed E-state index contributed by atoms with van der Waals surface area (Å²) in [6.07, 6.45) is 2.52. The minimum Gasteiger partial charge on any atom is -0.358 e.